The van der Waals surface area contributed by atoms with Crippen LogP contribution in [0.15, 0.2) is 59.6 Å². The maximum absolute atomic E-state index is 13.5. The Kier molecular flexibility index (Phi) is 5.41. The van der Waals surface area contributed by atoms with Crippen LogP contribution < -0.4 is 10.6 Å². The van der Waals surface area contributed by atoms with Crippen LogP contribution in [0.2, 0.25) is 0 Å². The highest BCUT2D eigenvalue weighted by molar-refractivity contribution is 7.89. The number of anilines is 2. The van der Waals surface area contributed by atoms with Crippen molar-refractivity contribution in [3.63, 3.8) is 0 Å². The second kappa shape index (κ2) is 8.27. The number of rotatable bonds is 4. The summed E-state index contributed by atoms with van der Waals surface area (Å²) in [4.78, 5) is 21.3. The number of benzene rings is 2. The number of carbonyl (C=O) groups excluding carboxylic acids is 1. The number of halogens is 1. The van der Waals surface area contributed by atoms with Crippen molar-refractivity contribution in [2.75, 3.05) is 49.9 Å². The average molecular weight is 470 g/mol. The smallest absolute Gasteiger partial charge is 0.243 e. The standard InChI is InChI=1S/C23H24FN5O3S/c24-17-4-5-20-21(12-17)26-7-6-22(20)27-8-10-28(11-9-27)23(30)16-14-29(15-16)33(31,32)19-3-1-2-18(25)13-19/h1-7,12-13,16H,8-11,14-15,25H2. The molecular formula is C23H24FN5O3S. The van der Waals surface area contributed by atoms with Crippen molar-refractivity contribution in [2.24, 2.45) is 5.92 Å². The molecule has 0 atom stereocenters. The Bertz CT molecular complexity index is 1320. The van der Waals surface area contributed by atoms with Gasteiger partial charge in [-0.05, 0) is 36.4 Å². The van der Waals surface area contributed by atoms with E-state index in [-0.39, 0.29) is 35.6 Å². The lowest BCUT2D eigenvalue weighted by Gasteiger charge is -2.42. The van der Waals surface area contributed by atoms with Gasteiger partial charge in [0.1, 0.15) is 5.82 Å². The summed E-state index contributed by atoms with van der Waals surface area (Å²) in [6.07, 6.45) is 1.67. The van der Waals surface area contributed by atoms with Crippen molar-refractivity contribution in [3.8, 4) is 0 Å². The number of nitrogens with two attached hydrogens (primary N) is 1. The van der Waals surface area contributed by atoms with Gasteiger partial charge >= 0.3 is 0 Å². The number of amides is 1. The largest absolute Gasteiger partial charge is 0.399 e. The lowest BCUT2D eigenvalue weighted by Crippen LogP contribution is -2.59. The molecule has 0 spiro atoms. The van der Waals surface area contributed by atoms with Crippen LogP contribution in [0.3, 0.4) is 0 Å². The fourth-order valence-corrected chi connectivity index (χ4v) is 6.01. The van der Waals surface area contributed by atoms with E-state index < -0.39 is 10.0 Å². The number of pyridine rings is 1. The first-order chi connectivity index (χ1) is 15.8. The van der Waals surface area contributed by atoms with Crippen LogP contribution in [-0.2, 0) is 14.8 Å². The van der Waals surface area contributed by atoms with Gasteiger partial charge in [-0.2, -0.15) is 4.31 Å². The molecule has 0 bridgehead atoms. The van der Waals surface area contributed by atoms with Crippen LogP contribution in [0.5, 0.6) is 0 Å². The molecule has 1 aromatic heterocycles. The molecule has 10 heteroatoms. The van der Waals surface area contributed by atoms with Gasteiger partial charge in [-0.3, -0.25) is 9.78 Å². The first-order valence-corrected chi connectivity index (χ1v) is 12.2. The quantitative estimate of drug-likeness (QED) is 0.586. The molecular weight excluding hydrogens is 445 g/mol. The van der Waals surface area contributed by atoms with Gasteiger partial charge in [-0.1, -0.05) is 6.07 Å². The topological polar surface area (TPSA) is 99.8 Å². The number of fused-ring (bicyclic) bond motifs is 1. The number of sulfonamides is 1. The number of hydrogen-bond donors (Lipinski definition) is 1. The molecule has 33 heavy (non-hydrogen) atoms. The van der Waals surface area contributed by atoms with E-state index in [1.807, 2.05) is 6.07 Å². The molecule has 3 aromatic rings. The van der Waals surface area contributed by atoms with E-state index in [2.05, 4.69) is 9.88 Å². The average Bonchev–Trinajstić information content (AvgIpc) is 2.77. The highest BCUT2D eigenvalue weighted by Crippen LogP contribution is 2.29. The molecule has 2 aliphatic heterocycles. The molecule has 172 valence electrons. The van der Waals surface area contributed by atoms with Crippen molar-refractivity contribution in [3.05, 3.63) is 60.5 Å². The van der Waals surface area contributed by atoms with Gasteiger partial charge in [0.2, 0.25) is 15.9 Å². The fourth-order valence-electron chi connectivity index (χ4n) is 4.42. The maximum Gasteiger partial charge on any atom is 0.243 e. The maximum atomic E-state index is 13.5. The zero-order chi connectivity index (χ0) is 23.2. The molecule has 0 radical (unpaired) electrons. The van der Waals surface area contributed by atoms with Crippen LogP contribution in [0.25, 0.3) is 10.9 Å². The molecule has 2 N–H and O–H groups in total. The van der Waals surface area contributed by atoms with Gasteiger partial charge in [0.05, 0.1) is 16.3 Å². The Labute approximate surface area is 191 Å². The minimum atomic E-state index is -3.65. The molecule has 2 aliphatic rings. The lowest BCUT2D eigenvalue weighted by molar-refractivity contribution is -0.139. The van der Waals surface area contributed by atoms with E-state index in [0.717, 1.165) is 11.1 Å². The number of piperazine rings is 1. The van der Waals surface area contributed by atoms with Gasteiger partial charge in [-0.15, -0.1) is 0 Å². The summed E-state index contributed by atoms with van der Waals surface area (Å²) >= 11 is 0. The van der Waals surface area contributed by atoms with Crippen LogP contribution in [-0.4, -0.2) is 67.8 Å². The number of nitrogen functional groups attached to an aromatic ring is 1. The summed E-state index contributed by atoms with van der Waals surface area (Å²) in [6.45, 7) is 2.72. The number of aromatic nitrogens is 1. The predicted molar refractivity (Wildman–Crippen MR) is 124 cm³/mol. The van der Waals surface area contributed by atoms with E-state index in [1.165, 1.54) is 28.6 Å². The molecule has 2 aromatic carbocycles. The minimum Gasteiger partial charge on any atom is -0.399 e. The highest BCUT2D eigenvalue weighted by Gasteiger charge is 2.42. The van der Waals surface area contributed by atoms with Gasteiger partial charge < -0.3 is 15.5 Å². The van der Waals surface area contributed by atoms with Crippen LogP contribution >= 0.6 is 0 Å². The summed E-state index contributed by atoms with van der Waals surface area (Å²) in [5.74, 6) is -0.678. The fraction of sp³-hybridized carbons (Fsp3) is 0.304. The Balaban J connectivity index is 1.20. The van der Waals surface area contributed by atoms with E-state index in [0.29, 0.717) is 37.4 Å². The Hall–Kier alpha value is -3.24. The number of nitrogens with zero attached hydrogens (tertiary/aromatic N) is 4. The second-order valence-corrected chi connectivity index (χ2v) is 10.3. The van der Waals surface area contributed by atoms with Gasteiger partial charge in [0.15, 0.2) is 0 Å². The Morgan fingerprint density at radius 3 is 2.52 bits per heavy atom. The lowest BCUT2D eigenvalue weighted by atomic mass is 10.0. The van der Waals surface area contributed by atoms with Crippen molar-refractivity contribution in [1.82, 2.24) is 14.2 Å². The molecule has 5 rings (SSSR count). The third-order valence-corrected chi connectivity index (χ3v) is 8.13. The van der Waals surface area contributed by atoms with E-state index >= 15 is 0 Å². The predicted octanol–water partition coefficient (Wildman–Crippen LogP) is 1.93. The Morgan fingerprint density at radius 1 is 1.03 bits per heavy atom. The Morgan fingerprint density at radius 2 is 1.79 bits per heavy atom. The van der Waals surface area contributed by atoms with Gasteiger partial charge in [-0.25, -0.2) is 12.8 Å². The summed E-state index contributed by atoms with van der Waals surface area (Å²) in [5, 5.41) is 0.875. The molecule has 3 heterocycles. The zero-order valence-corrected chi connectivity index (χ0v) is 18.7. The summed E-state index contributed by atoms with van der Waals surface area (Å²) in [7, 11) is -3.65. The number of carbonyl (C=O) groups is 1. The third kappa shape index (κ3) is 4.00. The van der Waals surface area contributed by atoms with E-state index in [9.17, 15) is 17.6 Å². The molecule has 0 saturated carbocycles. The van der Waals surface area contributed by atoms with Crippen LogP contribution in [0, 0.1) is 11.7 Å². The SMILES string of the molecule is Nc1cccc(S(=O)(=O)N2CC(C(=O)N3CCN(c4ccnc5cc(F)ccc45)CC3)C2)c1. The summed E-state index contributed by atoms with van der Waals surface area (Å²) < 4.78 is 40.4. The molecule has 0 aliphatic carbocycles. The first kappa shape index (κ1) is 21.6. The van der Waals surface area contributed by atoms with E-state index in [4.69, 9.17) is 5.73 Å². The molecule has 2 saturated heterocycles. The van der Waals surface area contributed by atoms with Crippen LogP contribution in [0.4, 0.5) is 15.8 Å². The monoisotopic (exact) mass is 469 g/mol. The van der Waals surface area contributed by atoms with Gasteiger partial charge in [0.25, 0.3) is 0 Å². The second-order valence-electron chi connectivity index (χ2n) is 8.40. The van der Waals surface area contributed by atoms with Crippen LogP contribution in [0.1, 0.15) is 0 Å². The number of hydrogen-bond acceptors (Lipinski definition) is 6. The van der Waals surface area contributed by atoms with Crippen molar-refractivity contribution >= 4 is 38.2 Å². The third-order valence-electron chi connectivity index (χ3n) is 6.31. The van der Waals surface area contributed by atoms with Crippen molar-refractivity contribution in [1.29, 1.82) is 0 Å². The van der Waals surface area contributed by atoms with Crippen molar-refractivity contribution < 1.29 is 17.6 Å². The molecule has 0 unspecified atom stereocenters. The van der Waals surface area contributed by atoms with Crippen molar-refractivity contribution in [2.45, 2.75) is 4.90 Å². The highest BCUT2D eigenvalue weighted by atomic mass is 32.2. The molecule has 2 fully saturated rings. The zero-order valence-electron chi connectivity index (χ0n) is 17.9. The first-order valence-electron chi connectivity index (χ1n) is 10.8. The summed E-state index contributed by atoms with van der Waals surface area (Å²) in [5.41, 5.74) is 7.66. The molecule has 8 nitrogen and oxygen atoms in total. The molecule has 1 amide bonds. The minimum absolute atomic E-state index is 0.0182. The van der Waals surface area contributed by atoms with E-state index in [1.54, 1.807) is 29.3 Å². The van der Waals surface area contributed by atoms with Gasteiger partial charge in [0, 0.05) is 68.3 Å². The summed E-state index contributed by atoms with van der Waals surface area (Å²) in [6, 6.07) is 12.7. The normalized spacial score (nSPS) is 17.8.